The number of para-hydroxylation sites is 1. The average Bonchev–Trinajstić information content (AvgIpc) is 3.91. The van der Waals surface area contributed by atoms with E-state index in [1.165, 1.54) is 43.0 Å². The van der Waals surface area contributed by atoms with Crippen molar-refractivity contribution >= 4 is 60.3 Å². The molecule has 4 aromatic heterocycles. The van der Waals surface area contributed by atoms with E-state index in [4.69, 9.17) is 14.4 Å². The molecule has 5 heteroatoms. The molecule has 0 fully saturated rings. The van der Waals surface area contributed by atoms with Gasteiger partial charge in [-0.3, -0.25) is 0 Å². The number of nitrogens with zero attached hydrogens (tertiary/aromatic N) is 3. The predicted octanol–water partition coefficient (Wildman–Crippen LogP) is 13.2. The molecule has 4 heterocycles. The van der Waals surface area contributed by atoms with Gasteiger partial charge in [0.1, 0.15) is 5.58 Å². The number of fused-ring (bicyclic) bond motifs is 15. The number of aromatic nitrogens is 3. The molecule has 0 N–H and O–H groups in total. The largest absolute Gasteiger partial charge is 0.437 e. The molecule has 3 unspecified atom stereocenters. The summed E-state index contributed by atoms with van der Waals surface area (Å²) in [6.45, 7) is 4.78. The van der Waals surface area contributed by atoms with E-state index in [2.05, 4.69) is 152 Å². The molecule has 3 aliphatic carbocycles. The Bertz CT molecular complexity index is 3170. The number of thiophene rings is 1. The Morgan fingerprint density at radius 1 is 0.782 bits per heavy atom. The van der Waals surface area contributed by atoms with Gasteiger partial charge in [-0.05, 0) is 46.9 Å². The second-order valence-electron chi connectivity index (χ2n) is 15.5. The van der Waals surface area contributed by atoms with Crippen LogP contribution < -0.4 is 0 Å². The van der Waals surface area contributed by atoms with E-state index < -0.39 is 0 Å². The fourth-order valence-electron chi connectivity index (χ4n) is 9.77. The van der Waals surface area contributed by atoms with Crippen molar-refractivity contribution in [3.63, 3.8) is 0 Å². The van der Waals surface area contributed by atoms with Crippen LogP contribution in [0.1, 0.15) is 42.3 Å². The van der Waals surface area contributed by atoms with Crippen LogP contribution in [0, 0.1) is 5.92 Å². The first-order chi connectivity index (χ1) is 27.1. The van der Waals surface area contributed by atoms with Gasteiger partial charge in [0.15, 0.2) is 5.82 Å². The van der Waals surface area contributed by atoms with Crippen LogP contribution in [0.25, 0.3) is 87.8 Å². The highest BCUT2D eigenvalue weighted by Crippen LogP contribution is 2.61. The fraction of sp³-hybridized carbons (Fsp3) is 0.120. The first-order valence-electron chi connectivity index (χ1n) is 19.2. The highest BCUT2D eigenvalue weighted by Gasteiger charge is 2.47. The monoisotopic (exact) mass is 725 g/mol. The Labute approximate surface area is 322 Å². The maximum absolute atomic E-state index is 6.79. The van der Waals surface area contributed by atoms with Crippen LogP contribution in [0.5, 0.6) is 0 Å². The highest BCUT2D eigenvalue weighted by molar-refractivity contribution is 7.22. The van der Waals surface area contributed by atoms with E-state index in [9.17, 15) is 0 Å². The smallest absolute Gasteiger partial charge is 0.231 e. The fourth-order valence-corrected chi connectivity index (χ4v) is 11.2. The Hall–Kier alpha value is -6.30. The molecule has 0 amide bonds. The molecule has 0 spiro atoms. The number of hydrogen-bond donors (Lipinski definition) is 0. The van der Waals surface area contributed by atoms with Crippen molar-refractivity contribution in [2.45, 2.75) is 31.6 Å². The van der Waals surface area contributed by atoms with E-state index in [0.29, 0.717) is 17.5 Å². The van der Waals surface area contributed by atoms with E-state index in [-0.39, 0.29) is 11.3 Å². The summed E-state index contributed by atoms with van der Waals surface area (Å²) in [5, 5.41) is 5.54. The molecule has 9 aromatic rings. The quantitative estimate of drug-likeness (QED) is 0.182. The maximum Gasteiger partial charge on any atom is 0.231 e. The van der Waals surface area contributed by atoms with Crippen molar-refractivity contribution in [2.75, 3.05) is 0 Å². The zero-order valence-corrected chi connectivity index (χ0v) is 31.3. The van der Waals surface area contributed by atoms with Crippen molar-refractivity contribution in [1.29, 1.82) is 0 Å². The minimum absolute atomic E-state index is 0.131. The summed E-state index contributed by atoms with van der Waals surface area (Å²) in [4.78, 5) is 12.0. The molecule has 0 saturated heterocycles. The van der Waals surface area contributed by atoms with Gasteiger partial charge in [0.2, 0.25) is 5.71 Å². The zero-order valence-electron chi connectivity index (χ0n) is 30.5. The van der Waals surface area contributed by atoms with Gasteiger partial charge in [0.25, 0.3) is 0 Å². The Kier molecular flexibility index (Phi) is 6.42. The summed E-state index contributed by atoms with van der Waals surface area (Å²) in [5.74, 6) is 1.19. The molecule has 5 aromatic carbocycles. The van der Waals surface area contributed by atoms with Gasteiger partial charge < -0.3 is 8.98 Å². The van der Waals surface area contributed by atoms with E-state index in [1.807, 2.05) is 29.5 Å². The Balaban J connectivity index is 1.21. The minimum Gasteiger partial charge on any atom is -0.437 e. The second kappa shape index (κ2) is 11.4. The number of allylic oxidation sites excluding steroid dienone is 5. The first-order valence-corrected chi connectivity index (χ1v) is 20.0. The molecule has 4 nitrogen and oxygen atoms in total. The summed E-state index contributed by atoms with van der Waals surface area (Å²) in [7, 11) is 0. The topological polar surface area (TPSA) is 43.9 Å². The van der Waals surface area contributed by atoms with Crippen molar-refractivity contribution in [3.05, 3.63) is 168 Å². The van der Waals surface area contributed by atoms with Crippen LogP contribution >= 0.6 is 11.3 Å². The highest BCUT2D eigenvalue weighted by atomic mass is 32.1. The van der Waals surface area contributed by atoms with Crippen LogP contribution in [-0.4, -0.2) is 14.5 Å². The van der Waals surface area contributed by atoms with Crippen molar-refractivity contribution in [1.82, 2.24) is 14.5 Å². The third-order valence-corrected chi connectivity index (χ3v) is 13.5. The molecule has 0 bridgehead atoms. The van der Waals surface area contributed by atoms with E-state index in [0.717, 1.165) is 56.1 Å². The van der Waals surface area contributed by atoms with Crippen LogP contribution in [-0.2, 0) is 11.8 Å². The van der Waals surface area contributed by atoms with Gasteiger partial charge in [-0.15, -0.1) is 11.3 Å². The Morgan fingerprint density at radius 2 is 1.58 bits per heavy atom. The SMILES string of the molecule is CC1C=Cc2c3c(n(-c4ccccc4-c4nc(-c5ccccc5)nc5oc6c7ccccc7ccc6c45)c2C1)C1C=CC=CC1(C)c1c-3sc2ccccc12. The van der Waals surface area contributed by atoms with Gasteiger partial charge in [-0.2, -0.15) is 4.98 Å². The number of hydrogen-bond acceptors (Lipinski definition) is 4. The number of furan rings is 1. The summed E-state index contributed by atoms with van der Waals surface area (Å²) >= 11 is 1.95. The molecule has 0 aliphatic heterocycles. The second-order valence-corrected chi connectivity index (χ2v) is 16.6. The normalized spacial score (nSPS) is 19.6. The summed E-state index contributed by atoms with van der Waals surface area (Å²) in [5.41, 5.74) is 12.1. The summed E-state index contributed by atoms with van der Waals surface area (Å²) < 4.78 is 10.8. The summed E-state index contributed by atoms with van der Waals surface area (Å²) in [6, 6.07) is 40.9. The van der Waals surface area contributed by atoms with Gasteiger partial charge in [-0.25, -0.2) is 4.98 Å². The lowest BCUT2D eigenvalue weighted by Crippen LogP contribution is -2.33. The average molecular weight is 726 g/mol. The standard InChI is InChI=1S/C50H35N3OS/c1-29-23-25-33-39(28-29)53(45-37-20-12-13-27-50(37,2)43-35-19-9-11-22-40(35)55-47(43)42(33)45)38-21-10-8-18-34(38)44-41-36-26-24-30-14-6-7-17-32(30)46(36)54-49(41)52-48(51-44)31-15-4-3-5-16-31/h3-27,29,37H,28H2,1-2H3. The third kappa shape index (κ3) is 4.27. The molecule has 55 heavy (non-hydrogen) atoms. The molecule has 0 radical (unpaired) electrons. The molecule has 3 atom stereocenters. The van der Waals surface area contributed by atoms with Gasteiger partial charge in [-0.1, -0.05) is 147 Å². The molecule has 262 valence electrons. The van der Waals surface area contributed by atoms with Crippen LogP contribution in [0.3, 0.4) is 0 Å². The van der Waals surface area contributed by atoms with Gasteiger partial charge in [0, 0.05) is 65.3 Å². The molecule has 12 rings (SSSR count). The van der Waals surface area contributed by atoms with Crippen LogP contribution in [0.15, 0.2) is 150 Å². The zero-order chi connectivity index (χ0) is 36.4. The van der Waals surface area contributed by atoms with Gasteiger partial charge >= 0.3 is 0 Å². The predicted molar refractivity (Wildman–Crippen MR) is 228 cm³/mol. The van der Waals surface area contributed by atoms with E-state index >= 15 is 0 Å². The first kappa shape index (κ1) is 31.1. The molecule has 3 aliphatic rings. The number of rotatable bonds is 3. The lowest BCUT2D eigenvalue weighted by molar-refractivity contribution is 0.507. The number of benzene rings is 5. The molecular weight excluding hydrogens is 691 g/mol. The third-order valence-electron chi connectivity index (χ3n) is 12.3. The Morgan fingerprint density at radius 3 is 2.49 bits per heavy atom. The summed E-state index contributed by atoms with van der Waals surface area (Å²) in [6.07, 6.45) is 15.1. The van der Waals surface area contributed by atoms with Crippen molar-refractivity contribution < 1.29 is 4.42 Å². The van der Waals surface area contributed by atoms with Crippen molar-refractivity contribution in [3.8, 4) is 38.8 Å². The lowest BCUT2D eigenvalue weighted by atomic mass is 9.63. The molecular formula is C50H35N3OS. The lowest BCUT2D eigenvalue weighted by Gasteiger charge is -2.41. The van der Waals surface area contributed by atoms with E-state index in [1.54, 1.807) is 0 Å². The van der Waals surface area contributed by atoms with Crippen LogP contribution in [0.4, 0.5) is 0 Å². The van der Waals surface area contributed by atoms with Gasteiger partial charge in [0.05, 0.1) is 16.8 Å². The van der Waals surface area contributed by atoms with Crippen LogP contribution in [0.2, 0.25) is 0 Å². The minimum atomic E-state index is -0.218. The van der Waals surface area contributed by atoms with Crippen molar-refractivity contribution in [2.24, 2.45) is 5.92 Å². The molecule has 0 saturated carbocycles. The maximum atomic E-state index is 6.79.